The number of nitrogens with one attached hydrogen (secondary N) is 1. The Bertz CT molecular complexity index is 3010. The molecule has 4 fully saturated rings. The molecule has 5 aromatic rings. The van der Waals surface area contributed by atoms with Crippen molar-refractivity contribution >= 4 is 40.7 Å². The fraction of sp³-hybridized carbons (Fsp3) is 0.537. The van der Waals surface area contributed by atoms with Gasteiger partial charge < -0.3 is 92.1 Å². The second-order valence-electron chi connectivity index (χ2n) is 23.1. The Morgan fingerprint density at radius 3 is 1.47 bits per heavy atom. The molecule has 4 heterocycles. The third-order valence-electron chi connectivity index (χ3n) is 16.5. The maximum absolute atomic E-state index is 14.9. The number of carbonyl (C=O) groups is 1. The lowest BCUT2D eigenvalue weighted by Gasteiger charge is -2.58. The molecular weight excluding hydrogens is 1270 g/mol. The van der Waals surface area contributed by atoms with E-state index >= 15 is 0 Å². The van der Waals surface area contributed by atoms with E-state index in [0.29, 0.717) is 0 Å². The first-order chi connectivity index (χ1) is 45.1. The number of rotatable bonds is 33. The van der Waals surface area contributed by atoms with Gasteiger partial charge in [0.15, 0.2) is 18.9 Å². The minimum Gasteiger partial charge on any atom is -0.394 e. The topological polar surface area (TPSA) is 288 Å². The number of ether oxygens (including phenoxy) is 14. The normalized spacial score (nSPS) is 30.7. The fourth-order valence-electron chi connectivity index (χ4n) is 11.6. The van der Waals surface area contributed by atoms with Gasteiger partial charge in [-0.25, -0.2) is 0 Å². The third-order valence-corrected chi connectivity index (χ3v) is 17.0. The molecule has 4 aliphatic heterocycles. The molecule has 18 atom stereocenters. The van der Waals surface area contributed by atoms with Crippen LogP contribution in [0.1, 0.15) is 54.5 Å². The zero-order valence-electron chi connectivity index (χ0n) is 51.7. The highest BCUT2D eigenvalue weighted by Gasteiger charge is 2.68. The Balaban J connectivity index is 1.14. The van der Waals surface area contributed by atoms with Crippen molar-refractivity contribution < 1.29 is 91.5 Å². The van der Waals surface area contributed by atoms with E-state index < -0.39 is 126 Å². The molecule has 0 spiro atoms. The van der Waals surface area contributed by atoms with Crippen molar-refractivity contribution in [3.8, 4) is 0 Å². The number of carbonyl (C=O) groups excluding carboxylic acids is 1. The molecule has 9 rings (SSSR count). The number of aliphatic hydroxyl groups excluding tert-OH is 3. The van der Waals surface area contributed by atoms with Gasteiger partial charge in [0, 0.05) is 24.3 Å². The number of aliphatic hydroxyl groups is 4. The maximum atomic E-state index is 14.9. The van der Waals surface area contributed by atoms with Crippen LogP contribution in [0.5, 0.6) is 0 Å². The Hall–Kier alpha value is -4.97. The van der Waals surface area contributed by atoms with Crippen molar-refractivity contribution in [2.24, 2.45) is 5.11 Å². The monoisotopic (exact) mass is 1350 g/mol. The van der Waals surface area contributed by atoms with Crippen LogP contribution in [-0.4, -0.2) is 193 Å². The van der Waals surface area contributed by atoms with Crippen LogP contribution in [0.25, 0.3) is 10.4 Å². The summed E-state index contributed by atoms with van der Waals surface area (Å²) in [6.07, 6.45) is -21.5. The van der Waals surface area contributed by atoms with Crippen molar-refractivity contribution in [2.75, 3.05) is 52.8 Å². The van der Waals surface area contributed by atoms with Gasteiger partial charge in [0.05, 0.1) is 104 Å². The molecule has 26 heteroatoms. The van der Waals surface area contributed by atoms with Crippen molar-refractivity contribution in [1.29, 1.82) is 0 Å². The number of halogens is 3. The Kier molecular flexibility index (Phi) is 28.3. The van der Waals surface area contributed by atoms with Crippen LogP contribution >= 0.6 is 34.8 Å². The summed E-state index contributed by atoms with van der Waals surface area (Å²) in [6.45, 7) is 3.04. The van der Waals surface area contributed by atoms with Crippen LogP contribution in [0.2, 0.25) is 0 Å². The Labute approximate surface area is 556 Å². The number of benzene rings is 5. The van der Waals surface area contributed by atoms with Gasteiger partial charge in [0.2, 0.25) is 0 Å². The lowest BCUT2D eigenvalue weighted by molar-refractivity contribution is -0.396. The summed E-state index contributed by atoms with van der Waals surface area (Å²) in [7, 11) is 0. The van der Waals surface area contributed by atoms with E-state index in [2.05, 4.69) is 15.3 Å². The molecule has 0 saturated carbocycles. The third kappa shape index (κ3) is 20.5. The van der Waals surface area contributed by atoms with Gasteiger partial charge in [-0.05, 0) is 47.2 Å². The van der Waals surface area contributed by atoms with Gasteiger partial charge in [0.25, 0.3) is 9.70 Å². The molecule has 5 aromatic carbocycles. The van der Waals surface area contributed by atoms with Crippen molar-refractivity contribution in [1.82, 2.24) is 5.32 Å². The zero-order valence-corrected chi connectivity index (χ0v) is 54.0. The standard InChI is InChI=1S/C67H83Cl3N4O19/c1-43-50(84-38-46-20-10-4-11-21-46)34-52(86-40-48-24-14-6-15-25-48)62(88-43)92-58-57(77)56(76)54(36-75)90-61(58)66(79)59(73-65(78)67(68,69)70)64(83-33-32-81-31-30-80-29-28-72-74-71)91-55(42-82-37-45-18-8-3-9-19-45)60(66)93-63-53(87-41-49-26-16-7-17-27-49)35-51(44(2)89-63)85-39-47-22-12-5-13-23-47/h3-27,43-44,50-64,75-77,79H,28-42H2,1-2H3,(H,73,78)/t43-,44-,50-,51-,52-,53-,54+,55+,56-,57-,58+,59-,60+,61+,62-,63-,64+,66+/m0/s1. The molecule has 0 aromatic heterocycles. The van der Waals surface area contributed by atoms with Crippen molar-refractivity contribution in [2.45, 2.75) is 173 Å². The Morgan fingerprint density at radius 1 is 0.570 bits per heavy atom. The lowest BCUT2D eigenvalue weighted by Crippen LogP contribution is -2.81. The molecule has 506 valence electrons. The summed E-state index contributed by atoms with van der Waals surface area (Å²) >= 11 is 19.2. The van der Waals surface area contributed by atoms with Gasteiger partial charge in [-0.1, -0.05) is 192 Å². The highest BCUT2D eigenvalue weighted by Crippen LogP contribution is 2.45. The number of hydrogen-bond acceptors (Lipinski definition) is 20. The molecule has 0 bridgehead atoms. The van der Waals surface area contributed by atoms with E-state index in [1.807, 2.05) is 159 Å². The van der Waals surface area contributed by atoms with E-state index in [4.69, 9.17) is 107 Å². The molecule has 0 aliphatic carbocycles. The van der Waals surface area contributed by atoms with Gasteiger partial charge in [-0.2, -0.15) is 0 Å². The van der Waals surface area contributed by atoms with Crippen LogP contribution < -0.4 is 5.32 Å². The first kappa shape index (κ1) is 72.3. The Morgan fingerprint density at radius 2 is 1.01 bits per heavy atom. The molecule has 1 amide bonds. The number of azide groups is 1. The first-order valence-corrected chi connectivity index (χ1v) is 32.3. The predicted octanol–water partition coefficient (Wildman–Crippen LogP) is 7.74. The highest BCUT2D eigenvalue weighted by atomic mass is 35.6. The van der Waals surface area contributed by atoms with Crippen LogP contribution in [0.3, 0.4) is 0 Å². The predicted molar refractivity (Wildman–Crippen MR) is 339 cm³/mol. The molecule has 0 unspecified atom stereocenters. The van der Waals surface area contributed by atoms with Crippen molar-refractivity contribution in [3.05, 3.63) is 190 Å². The highest BCUT2D eigenvalue weighted by molar-refractivity contribution is 6.76. The van der Waals surface area contributed by atoms with Crippen LogP contribution in [0.4, 0.5) is 0 Å². The van der Waals surface area contributed by atoms with E-state index in [9.17, 15) is 25.2 Å². The molecule has 5 N–H and O–H groups in total. The molecule has 93 heavy (non-hydrogen) atoms. The van der Waals surface area contributed by atoms with Crippen LogP contribution in [-0.2, 0) is 104 Å². The summed E-state index contributed by atoms with van der Waals surface area (Å²) < 4.78 is 89.6. The average molecular weight is 1350 g/mol. The second kappa shape index (κ2) is 36.4. The van der Waals surface area contributed by atoms with Gasteiger partial charge in [-0.15, -0.1) is 0 Å². The fourth-order valence-corrected chi connectivity index (χ4v) is 11.7. The van der Waals surface area contributed by atoms with Gasteiger partial charge in [-0.3, -0.25) is 4.79 Å². The zero-order chi connectivity index (χ0) is 65.6. The average Bonchev–Trinajstić information content (AvgIpc) is 0.721. The quantitative estimate of drug-likeness (QED) is 0.00882. The summed E-state index contributed by atoms with van der Waals surface area (Å²) in [5.74, 6) is -1.28. The van der Waals surface area contributed by atoms with Crippen molar-refractivity contribution in [3.63, 3.8) is 0 Å². The molecule has 4 aliphatic rings. The molecule has 23 nitrogen and oxygen atoms in total. The maximum Gasteiger partial charge on any atom is 0.272 e. The summed E-state index contributed by atoms with van der Waals surface area (Å²) in [5, 5.41) is 56.9. The smallest absolute Gasteiger partial charge is 0.272 e. The summed E-state index contributed by atoms with van der Waals surface area (Å²) in [6, 6.07) is 45.4. The van der Waals surface area contributed by atoms with Crippen LogP contribution in [0.15, 0.2) is 157 Å². The molecule has 4 saturated heterocycles. The summed E-state index contributed by atoms with van der Waals surface area (Å²) in [4.78, 5) is 17.3. The summed E-state index contributed by atoms with van der Waals surface area (Å²) in [5.41, 5.74) is 9.99. The first-order valence-electron chi connectivity index (χ1n) is 31.1. The second-order valence-corrected chi connectivity index (χ2v) is 25.4. The van der Waals surface area contributed by atoms with Gasteiger partial charge >= 0.3 is 0 Å². The molecule has 0 radical (unpaired) electrons. The van der Waals surface area contributed by atoms with Gasteiger partial charge in [0.1, 0.15) is 66.6 Å². The minimum atomic E-state index is -2.91. The van der Waals surface area contributed by atoms with E-state index in [1.165, 1.54) is 0 Å². The molecular formula is C67H83Cl3N4O19. The number of hydrogen-bond donors (Lipinski definition) is 5. The lowest BCUT2D eigenvalue weighted by atomic mass is 9.73. The number of alkyl halides is 3. The van der Waals surface area contributed by atoms with Crippen LogP contribution in [0, 0.1) is 0 Å². The largest absolute Gasteiger partial charge is 0.394 e. The minimum absolute atomic E-state index is 0.0184. The number of amides is 1. The van der Waals surface area contributed by atoms with E-state index in [0.717, 1.165) is 27.8 Å². The van der Waals surface area contributed by atoms with E-state index in [-0.39, 0.29) is 92.1 Å². The van der Waals surface area contributed by atoms with E-state index in [1.54, 1.807) is 6.92 Å². The number of nitrogens with zero attached hydrogens (tertiary/aromatic N) is 3. The SMILES string of the molecule is C[C@@H]1O[C@@H](O[C@@H]2[C@@H](O)[C@@H](O)[C@@H](CO)O[C@H]2[C@]2(O)[C@H](O[C@@H]3O[C@@H](C)[C@@H](OCc4ccccc4)C[C@@H]3OCc3ccccc3)[C@@H](COCc3ccccc3)O[C@@H](OCCOCCOCCN=[N+]=[N-])[C@@H]2NC(=O)C(Cl)(Cl)Cl)[C@@H](OCc2ccccc2)C[C@@H]1OCc1ccccc1.